The molecule has 0 aliphatic heterocycles. The van der Waals surface area contributed by atoms with Crippen LogP contribution in [0.3, 0.4) is 0 Å². The van der Waals surface area contributed by atoms with Gasteiger partial charge in [-0.15, -0.1) is 0 Å². The Morgan fingerprint density at radius 1 is 1.41 bits per heavy atom. The third kappa shape index (κ3) is 3.22. The summed E-state index contributed by atoms with van der Waals surface area (Å²) in [4.78, 5) is 12.0. The highest BCUT2D eigenvalue weighted by molar-refractivity contribution is 6.00. The molecular weight excluding hydrogens is 212 g/mol. The zero-order valence-corrected chi connectivity index (χ0v) is 10.5. The number of nitrogens with one attached hydrogen (secondary N) is 2. The van der Waals surface area contributed by atoms with Gasteiger partial charge in [0.05, 0.1) is 5.56 Å². The summed E-state index contributed by atoms with van der Waals surface area (Å²) >= 11 is 0. The molecule has 0 radical (unpaired) electrons. The van der Waals surface area contributed by atoms with Gasteiger partial charge in [-0.1, -0.05) is 13.0 Å². The van der Waals surface area contributed by atoms with Crippen LogP contribution in [0.15, 0.2) is 18.2 Å². The molecule has 1 aromatic rings. The largest absolute Gasteiger partial charge is 0.384 e. The van der Waals surface area contributed by atoms with Crippen LogP contribution >= 0.6 is 0 Å². The van der Waals surface area contributed by atoms with E-state index in [0.717, 1.165) is 37.1 Å². The first kappa shape index (κ1) is 12.0. The molecule has 0 spiro atoms. The monoisotopic (exact) mass is 232 g/mol. The van der Waals surface area contributed by atoms with E-state index in [1.165, 1.54) is 5.56 Å². The molecule has 0 unspecified atom stereocenters. The van der Waals surface area contributed by atoms with E-state index in [-0.39, 0.29) is 5.91 Å². The molecule has 2 N–H and O–H groups in total. The Balaban J connectivity index is 2.14. The number of carbonyl (C=O) groups excluding carboxylic acids is 1. The first-order valence-corrected chi connectivity index (χ1v) is 6.36. The van der Waals surface area contributed by atoms with Crippen molar-refractivity contribution in [3.05, 3.63) is 29.3 Å². The molecule has 1 amide bonds. The van der Waals surface area contributed by atoms with E-state index in [9.17, 15) is 4.79 Å². The molecule has 1 aliphatic carbocycles. The lowest BCUT2D eigenvalue weighted by atomic mass is 10.1. The molecule has 1 aromatic carbocycles. The normalized spacial score (nSPS) is 14.5. The van der Waals surface area contributed by atoms with Crippen LogP contribution in [0.4, 0.5) is 5.69 Å². The molecule has 2 rings (SSSR count). The van der Waals surface area contributed by atoms with Crippen LogP contribution in [0.5, 0.6) is 0 Å². The fourth-order valence-electron chi connectivity index (χ4n) is 1.75. The summed E-state index contributed by atoms with van der Waals surface area (Å²) in [6, 6.07) is 6.34. The van der Waals surface area contributed by atoms with E-state index in [4.69, 9.17) is 0 Å². The van der Waals surface area contributed by atoms with E-state index in [0.29, 0.717) is 6.04 Å². The van der Waals surface area contributed by atoms with Crippen molar-refractivity contribution in [3.63, 3.8) is 0 Å². The molecule has 17 heavy (non-hydrogen) atoms. The molecule has 3 nitrogen and oxygen atoms in total. The van der Waals surface area contributed by atoms with Crippen molar-refractivity contribution in [3.8, 4) is 0 Å². The first-order chi connectivity index (χ1) is 8.20. The van der Waals surface area contributed by atoms with E-state index in [1.807, 2.05) is 25.1 Å². The fraction of sp³-hybridized carbons (Fsp3) is 0.500. The van der Waals surface area contributed by atoms with Crippen LogP contribution < -0.4 is 10.6 Å². The molecule has 0 atom stereocenters. The second kappa shape index (κ2) is 5.21. The topological polar surface area (TPSA) is 41.1 Å². The van der Waals surface area contributed by atoms with Gasteiger partial charge in [-0.25, -0.2) is 0 Å². The van der Waals surface area contributed by atoms with Crippen LogP contribution in [-0.4, -0.2) is 18.5 Å². The maximum absolute atomic E-state index is 12.0. The quantitative estimate of drug-likeness (QED) is 0.819. The molecular formula is C14H20N2O. The van der Waals surface area contributed by atoms with E-state index >= 15 is 0 Å². The summed E-state index contributed by atoms with van der Waals surface area (Å²) < 4.78 is 0. The number of hydrogen-bond acceptors (Lipinski definition) is 2. The zero-order valence-electron chi connectivity index (χ0n) is 10.5. The summed E-state index contributed by atoms with van der Waals surface area (Å²) in [5, 5.41) is 6.34. The number of rotatable bonds is 5. The SMILES string of the molecule is CCCNc1cc(C)ccc1C(=O)NC1CC1. The Morgan fingerprint density at radius 2 is 2.18 bits per heavy atom. The second-order valence-electron chi connectivity index (χ2n) is 4.72. The van der Waals surface area contributed by atoms with Crippen molar-refractivity contribution in [2.24, 2.45) is 0 Å². The minimum atomic E-state index is 0.0473. The third-order valence-corrected chi connectivity index (χ3v) is 2.90. The average Bonchev–Trinajstić information content (AvgIpc) is 3.10. The van der Waals surface area contributed by atoms with Crippen LogP contribution in [-0.2, 0) is 0 Å². The fourth-order valence-corrected chi connectivity index (χ4v) is 1.75. The number of benzene rings is 1. The molecule has 0 aromatic heterocycles. The zero-order chi connectivity index (χ0) is 12.3. The molecule has 1 aliphatic rings. The van der Waals surface area contributed by atoms with Crippen LogP contribution in [0.25, 0.3) is 0 Å². The van der Waals surface area contributed by atoms with E-state index < -0.39 is 0 Å². The van der Waals surface area contributed by atoms with Gasteiger partial charge in [-0.2, -0.15) is 0 Å². The smallest absolute Gasteiger partial charge is 0.253 e. The number of anilines is 1. The highest BCUT2D eigenvalue weighted by Crippen LogP contribution is 2.22. The maximum Gasteiger partial charge on any atom is 0.253 e. The van der Waals surface area contributed by atoms with Crippen molar-refractivity contribution < 1.29 is 4.79 Å². The minimum Gasteiger partial charge on any atom is -0.384 e. The number of hydrogen-bond donors (Lipinski definition) is 2. The van der Waals surface area contributed by atoms with Crippen LogP contribution in [0.1, 0.15) is 42.1 Å². The lowest BCUT2D eigenvalue weighted by molar-refractivity contribution is 0.0952. The molecule has 0 bridgehead atoms. The molecule has 92 valence electrons. The Kier molecular flexibility index (Phi) is 3.67. The van der Waals surface area contributed by atoms with Gasteiger partial charge in [0.25, 0.3) is 5.91 Å². The van der Waals surface area contributed by atoms with Crippen molar-refractivity contribution in [1.29, 1.82) is 0 Å². The molecule has 1 fully saturated rings. The van der Waals surface area contributed by atoms with Gasteiger partial charge in [0.15, 0.2) is 0 Å². The van der Waals surface area contributed by atoms with Crippen LogP contribution in [0.2, 0.25) is 0 Å². The van der Waals surface area contributed by atoms with Gasteiger partial charge in [-0.3, -0.25) is 4.79 Å². The minimum absolute atomic E-state index is 0.0473. The lowest BCUT2D eigenvalue weighted by Crippen LogP contribution is -2.26. The first-order valence-electron chi connectivity index (χ1n) is 6.36. The second-order valence-corrected chi connectivity index (χ2v) is 4.72. The maximum atomic E-state index is 12.0. The Labute approximate surface area is 103 Å². The summed E-state index contributed by atoms with van der Waals surface area (Å²) in [5.41, 5.74) is 2.88. The third-order valence-electron chi connectivity index (χ3n) is 2.90. The summed E-state index contributed by atoms with van der Waals surface area (Å²) in [6.45, 7) is 5.06. The van der Waals surface area contributed by atoms with Gasteiger partial charge < -0.3 is 10.6 Å². The van der Waals surface area contributed by atoms with Gasteiger partial charge in [0, 0.05) is 18.3 Å². The van der Waals surface area contributed by atoms with Gasteiger partial charge in [-0.05, 0) is 43.9 Å². The van der Waals surface area contributed by atoms with Crippen molar-refractivity contribution in [2.75, 3.05) is 11.9 Å². The molecule has 0 saturated heterocycles. The Morgan fingerprint density at radius 3 is 2.82 bits per heavy atom. The summed E-state index contributed by atoms with van der Waals surface area (Å²) in [6.07, 6.45) is 3.29. The summed E-state index contributed by atoms with van der Waals surface area (Å²) in [5.74, 6) is 0.0473. The van der Waals surface area contributed by atoms with Crippen molar-refractivity contribution in [2.45, 2.75) is 39.2 Å². The average molecular weight is 232 g/mol. The van der Waals surface area contributed by atoms with Gasteiger partial charge in [0.2, 0.25) is 0 Å². The Hall–Kier alpha value is -1.51. The van der Waals surface area contributed by atoms with Gasteiger partial charge >= 0.3 is 0 Å². The summed E-state index contributed by atoms with van der Waals surface area (Å²) in [7, 11) is 0. The highest BCUT2D eigenvalue weighted by Gasteiger charge is 2.24. The number of aryl methyl sites for hydroxylation is 1. The molecule has 3 heteroatoms. The van der Waals surface area contributed by atoms with Gasteiger partial charge in [0.1, 0.15) is 0 Å². The predicted octanol–water partition coefficient (Wildman–Crippen LogP) is 2.71. The molecule has 1 saturated carbocycles. The standard InChI is InChI=1S/C14H20N2O/c1-3-8-15-13-9-10(2)4-7-12(13)14(17)16-11-5-6-11/h4,7,9,11,15H,3,5-6,8H2,1-2H3,(H,16,17). The molecule has 0 heterocycles. The number of carbonyl (C=O) groups is 1. The Bertz CT molecular complexity index is 411. The predicted molar refractivity (Wildman–Crippen MR) is 70.4 cm³/mol. The van der Waals surface area contributed by atoms with E-state index in [1.54, 1.807) is 0 Å². The highest BCUT2D eigenvalue weighted by atomic mass is 16.1. The van der Waals surface area contributed by atoms with Crippen LogP contribution in [0, 0.1) is 6.92 Å². The lowest BCUT2D eigenvalue weighted by Gasteiger charge is -2.12. The van der Waals surface area contributed by atoms with Crippen molar-refractivity contribution in [1.82, 2.24) is 5.32 Å². The van der Waals surface area contributed by atoms with Crippen molar-refractivity contribution >= 4 is 11.6 Å². The van der Waals surface area contributed by atoms with E-state index in [2.05, 4.69) is 17.6 Å². The number of amides is 1.